The molecule has 0 saturated carbocycles. The smallest absolute Gasteiger partial charge is 0.0390 e. The van der Waals surface area contributed by atoms with Gasteiger partial charge in [0.1, 0.15) is 0 Å². The van der Waals surface area contributed by atoms with Crippen molar-refractivity contribution < 1.29 is 0 Å². The third kappa shape index (κ3) is 2.67. The van der Waals surface area contributed by atoms with Crippen molar-refractivity contribution in [3.63, 3.8) is 0 Å². The first-order chi connectivity index (χ1) is 6.09. The van der Waals surface area contributed by atoms with Crippen LogP contribution in [-0.4, -0.2) is 0 Å². The second-order valence-corrected chi connectivity index (χ2v) is 3.04. The largest absolute Gasteiger partial charge is 0.399 e. The second-order valence-electron chi connectivity index (χ2n) is 3.04. The molecule has 0 aliphatic heterocycles. The molecule has 0 atom stereocenters. The first kappa shape index (κ1) is 9.39. The van der Waals surface area contributed by atoms with Gasteiger partial charge in [0.05, 0.1) is 0 Å². The van der Waals surface area contributed by atoms with Crippen molar-refractivity contribution in [2.24, 2.45) is 5.73 Å². The standard InChI is InChI=1S/C11H14N2/c1-8-3-5-10(11(13)7-8)6-4-9(2)12/h3-7H,2,12-13H2,1H3/b6-4-. The Labute approximate surface area is 78.6 Å². The summed E-state index contributed by atoms with van der Waals surface area (Å²) in [6, 6.07) is 5.90. The van der Waals surface area contributed by atoms with E-state index in [1.165, 1.54) is 0 Å². The van der Waals surface area contributed by atoms with Crippen LogP contribution in [-0.2, 0) is 0 Å². The lowest BCUT2D eigenvalue weighted by Gasteiger charge is -2.01. The molecule has 0 aliphatic rings. The van der Waals surface area contributed by atoms with Gasteiger partial charge in [-0.3, -0.25) is 0 Å². The maximum atomic E-state index is 5.79. The van der Waals surface area contributed by atoms with Crippen molar-refractivity contribution in [1.82, 2.24) is 0 Å². The first-order valence-electron chi connectivity index (χ1n) is 4.08. The third-order valence-electron chi connectivity index (χ3n) is 1.72. The summed E-state index contributed by atoms with van der Waals surface area (Å²) in [5.41, 5.74) is 14.6. The number of hydrogen-bond donors (Lipinski definition) is 2. The van der Waals surface area contributed by atoms with E-state index in [4.69, 9.17) is 11.5 Å². The summed E-state index contributed by atoms with van der Waals surface area (Å²) in [4.78, 5) is 0. The zero-order chi connectivity index (χ0) is 9.84. The highest BCUT2D eigenvalue weighted by Crippen LogP contribution is 2.15. The Kier molecular flexibility index (Phi) is 2.75. The Morgan fingerprint density at radius 2 is 2.15 bits per heavy atom. The van der Waals surface area contributed by atoms with Crippen molar-refractivity contribution in [1.29, 1.82) is 0 Å². The molecule has 0 bridgehead atoms. The molecule has 4 N–H and O–H groups in total. The molecule has 13 heavy (non-hydrogen) atoms. The average molecular weight is 174 g/mol. The van der Waals surface area contributed by atoms with Gasteiger partial charge in [-0.15, -0.1) is 0 Å². The van der Waals surface area contributed by atoms with Crippen LogP contribution in [0.15, 0.2) is 36.6 Å². The van der Waals surface area contributed by atoms with Crippen LogP contribution in [0.2, 0.25) is 0 Å². The Hall–Kier alpha value is -1.70. The Balaban J connectivity index is 2.96. The monoisotopic (exact) mass is 174 g/mol. The van der Waals surface area contributed by atoms with Gasteiger partial charge in [-0.05, 0) is 30.2 Å². The average Bonchev–Trinajstić information content (AvgIpc) is 2.02. The van der Waals surface area contributed by atoms with Crippen molar-refractivity contribution >= 4 is 11.8 Å². The Bertz CT molecular complexity index is 351. The molecule has 1 aromatic carbocycles. The summed E-state index contributed by atoms with van der Waals surface area (Å²) in [6.45, 7) is 5.57. The van der Waals surface area contributed by atoms with Gasteiger partial charge in [0.15, 0.2) is 0 Å². The van der Waals surface area contributed by atoms with E-state index in [0.29, 0.717) is 5.70 Å². The van der Waals surface area contributed by atoms with E-state index in [1.807, 2.05) is 31.2 Å². The molecule has 1 rings (SSSR count). The van der Waals surface area contributed by atoms with E-state index in [0.717, 1.165) is 16.8 Å². The highest BCUT2D eigenvalue weighted by Gasteiger charge is 1.93. The fourth-order valence-corrected chi connectivity index (χ4v) is 1.04. The fraction of sp³-hybridized carbons (Fsp3) is 0.0909. The third-order valence-corrected chi connectivity index (χ3v) is 1.72. The van der Waals surface area contributed by atoms with Crippen LogP contribution in [0.4, 0.5) is 5.69 Å². The molecule has 2 heteroatoms. The van der Waals surface area contributed by atoms with Gasteiger partial charge in [-0.25, -0.2) is 0 Å². The van der Waals surface area contributed by atoms with Crippen LogP contribution in [0.5, 0.6) is 0 Å². The normalized spacial score (nSPS) is 10.5. The lowest BCUT2D eigenvalue weighted by molar-refractivity contribution is 1.45. The number of aryl methyl sites for hydroxylation is 1. The van der Waals surface area contributed by atoms with E-state index in [9.17, 15) is 0 Å². The van der Waals surface area contributed by atoms with Crippen molar-refractivity contribution in [3.8, 4) is 0 Å². The molecule has 0 aromatic heterocycles. The topological polar surface area (TPSA) is 52.0 Å². The molecule has 0 fully saturated rings. The molecule has 68 valence electrons. The van der Waals surface area contributed by atoms with E-state index in [1.54, 1.807) is 6.08 Å². The minimum absolute atomic E-state index is 0.528. The van der Waals surface area contributed by atoms with Crippen LogP contribution in [0.1, 0.15) is 11.1 Å². The zero-order valence-electron chi connectivity index (χ0n) is 7.75. The number of benzene rings is 1. The van der Waals surface area contributed by atoms with Gasteiger partial charge < -0.3 is 11.5 Å². The number of nitrogens with two attached hydrogens (primary N) is 2. The molecular weight excluding hydrogens is 160 g/mol. The van der Waals surface area contributed by atoms with E-state index in [-0.39, 0.29) is 0 Å². The number of hydrogen-bond acceptors (Lipinski definition) is 2. The van der Waals surface area contributed by atoms with Gasteiger partial charge in [-0.2, -0.15) is 0 Å². The van der Waals surface area contributed by atoms with Crippen molar-refractivity contribution in [3.05, 3.63) is 47.7 Å². The second kappa shape index (κ2) is 3.81. The van der Waals surface area contributed by atoms with E-state index >= 15 is 0 Å². The summed E-state index contributed by atoms with van der Waals surface area (Å²) in [5, 5.41) is 0. The number of anilines is 1. The number of nitrogen functional groups attached to an aromatic ring is 1. The van der Waals surface area contributed by atoms with Gasteiger partial charge in [0.25, 0.3) is 0 Å². The fourth-order valence-electron chi connectivity index (χ4n) is 1.04. The molecule has 0 saturated heterocycles. The summed E-state index contributed by atoms with van der Waals surface area (Å²) < 4.78 is 0. The first-order valence-corrected chi connectivity index (χ1v) is 4.08. The molecule has 0 heterocycles. The predicted octanol–water partition coefficient (Wildman–Crippen LogP) is 2.06. The SMILES string of the molecule is C=C(N)/C=C\c1ccc(C)cc1N. The van der Waals surface area contributed by atoms with Gasteiger partial charge in [-0.1, -0.05) is 24.8 Å². The lowest BCUT2D eigenvalue weighted by atomic mass is 10.1. The summed E-state index contributed by atoms with van der Waals surface area (Å²) in [7, 11) is 0. The molecule has 0 amide bonds. The van der Waals surface area contributed by atoms with Crippen LogP contribution >= 0.6 is 0 Å². The van der Waals surface area contributed by atoms with Crippen molar-refractivity contribution in [2.45, 2.75) is 6.92 Å². The van der Waals surface area contributed by atoms with E-state index in [2.05, 4.69) is 6.58 Å². The van der Waals surface area contributed by atoms with Gasteiger partial charge in [0.2, 0.25) is 0 Å². The summed E-state index contributed by atoms with van der Waals surface area (Å²) in [6.07, 6.45) is 3.60. The van der Waals surface area contributed by atoms with Gasteiger partial charge in [0, 0.05) is 11.4 Å². The molecule has 1 aromatic rings. The maximum absolute atomic E-state index is 5.79. The van der Waals surface area contributed by atoms with E-state index < -0.39 is 0 Å². The predicted molar refractivity (Wildman–Crippen MR) is 58.0 cm³/mol. The number of allylic oxidation sites excluding steroid dienone is 1. The minimum Gasteiger partial charge on any atom is -0.399 e. The highest BCUT2D eigenvalue weighted by molar-refractivity contribution is 5.66. The molecule has 2 nitrogen and oxygen atoms in total. The highest BCUT2D eigenvalue weighted by atomic mass is 14.6. The molecular formula is C11H14N2. The minimum atomic E-state index is 0.528. The zero-order valence-corrected chi connectivity index (χ0v) is 7.75. The Morgan fingerprint density at radius 3 is 2.69 bits per heavy atom. The summed E-state index contributed by atoms with van der Waals surface area (Å²) in [5.74, 6) is 0. The Morgan fingerprint density at radius 1 is 1.46 bits per heavy atom. The number of rotatable bonds is 2. The van der Waals surface area contributed by atoms with Gasteiger partial charge >= 0.3 is 0 Å². The molecule has 0 aliphatic carbocycles. The summed E-state index contributed by atoms with van der Waals surface area (Å²) >= 11 is 0. The quantitative estimate of drug-likeness (QED) is 0.532. The van der Waals surface area contributed by atoms with Crippen LogP contribution in [0, 0.1) is 6.92 Å². The van der Waals surface area contributed by atoms with Crippen LogP contribution in [0.3, 0.4) is 0 Å². The van der Waals surface area contributed by atoms with Crippen LogP contribution in [0.25, 0.3) is 6.08 Å². The lowest BCUT2D eigenvalue weighted by Crippen LogP contribution is -1.91. The molecule has 0 spiro atoms. The molecule has 0 radical (unpaired) electrons. The van der Waals surface area contributed by atoms with Crippen molar-refractivity contribution in [2.75, 3.05) is 5.73 Å². The molecule has 0 unspecified atom stereocenters. The van der Waals surface area contributed by atoms with Crippen LogP contribution < -0.4 is 11.5 Å². The maximum Gasteiger partial charge on any atom is 0.0390 e.